The van der Waals surface area contributed by atoms with Crippen molar-refractivity contribution in [1.29, 1.82) is 0 Å². The predicted octanol–water partition coefficient (Wildman–Crippen LogP) is 0.347. The maximum atomic E-state index is 11.6. The number of benzene rings is 1. The van der Waals surface area contributed by atoms with Crippen LogP contribution in [0.1, 0.15) is 0 Å². The van der Waals surface area contributed by atoms with E-state index in [0.29, 0.717) is 10.9 Å². The summed E-state index contributed by atoms with van der Waals surface area (Å²) in [4.78, 5) is 27.4. The van der Waals surface area contributed by atoms with Crippen LogP contribution in [0.2, 0.25) is 0 Å². The van der Waals surface area contributed by atoms with Crippen molar-refractivity contribution in [3.05, 3.63) is 45.0 Å². The molecule has 84 valence electrons. The Labute approximate surface area is 94.1 Å². The number of nitrogen functional groups attached to an aromatic ring is 1. The van der Waals surface area contributed by atoms with Gasteiger partial charge >= 0.3 is 0 Å². The van der Waals surface area contributed by atoms with E-state index in [1.165, 1.54) is 0 Å². The first-order valence-electron chi connectivity index (χ1n) is 4.97. The maximum absolute atomic E-state index is 11.6. The van der Waals surface area contributed by atoms with E-state index < -0.39 is 11.1 Å². The van der Waals surface area contributed by atoms with Gasteiger partial charge in [-0.05, 0) is 6.07 Å². The highest BCUT2D eigenvalue weighted by molar-refractivity contribution is 6.05. The van der Waals surface area contributed by atoms with Crippen molar-refractivity contribution in [2.45, 2.75) is 0 Å². The number of fused-ring (bicyclic) bond motifs is 2. The number of aromatic amines is 2. The molecule has 3 rings (SSSR count). The number of pyridine rings is 1. The van der Waals surface area contributed by atoms with Crippen LogP contribution in [0, 0.1) is 0 Å². The number of hydrogen-bond acceptors (Lipinski definition) is 4. The summed E-state index contributed by atoms with van der Waals surface area (Å²) in [6.45, 7) is 0. The number of hydrogen-bond donors (Lipinski definition) is 3. The Morgan fingerprint density at radius 3 is 2.59 bits per heavy atom. The minimum atomic E-state index is -0.461. The Morgan fingerprint density at radius 1 is 1.06 bits per heavy atom. The van der Waals surface area contributed by atoms with Gasteiger partial charge in [0.05, 0.1) is 16.6 Å². The number of para-hydroxylation sites is 1. The standard InChI is InChI=1S/C11H8N4O2/c12-8-5-3-1-2-4-6(5)13-9-7(8)10(16)14-15-11(9)17/h1-4H,(H2,12,13)(H,14,16)(H,15,17). The predicted molar refractivity (Wildman–Crippen MR) is 64.9 cm³/mol. The zero-order valence-corrected chi connectivity index (χ0v) is 8.65. The van der Waals surface area contributed by atoms with Crippen LogP contribution in [0.4, 0.5) is 5.69 Å². The van der Waals surface area contributed by atoms with Crippen molar-refractivity contribution >= 4 is 27.5 Å². The summed E-state index contributed by atoms with van der Waals surface area (Å²) in [6.07, 6.45) is 0. The van der Waals surface area contributed by atoms with Crippen LogP contribution in [-0.4, -0.2) is 15.2 Å². The van der Waals surface area contributed by atoms with Gasteiger partial charge in [0.25, 0.3) is 11.1 Å². The molecule has 0 amide bonds. The molecule has 4 N–H and O–H groups in total. The molecule has 6 nitrogen and oxygen atoms in total. The lowest BCUT2D eigenvalue weighted by Gasteiger charge is -2.04. The third-order valence-electron chi connectivity index (χ3n) is 2.66. The fourth-order valence-corrected chi connectivity index (χ4v) is 1.87. The van der Waals surface area contributed by atoms with Gasteiger partial charge in [0.2, 0.25) is 0 Å². The summed E-state index contributed by atoms with van der Waals surface area (Å²) in [7, 11) is 0. The van der Waals surface area contributed by atoms with Gasteiger partial charge in [0.1, 0.15) is 5.52 Å². The molecule has 17 heavy (non-hydrogen) atoms. The molecule has 2 heterocycles. The summed E-state index contributed by atoms with van der Waals surface area (Å²) in [6, 6.07) is 7.10. The zero-order chi connectivity index (χ0) is 12.0. The van der Waals surface area contributed by atoms with E-state index in [2.05, 4.69) is 15.2 Å². The molecule has 0 aliphatic rings. The fraction of sp³-hybridized carbons (Fsp3) is 0. The lowest BCUT2D eigenvalue weighted by Crippen LogP contribution is -2.21. The van der Waals surface area contributed by atoms with Gasteiger partial charge < -0.3 is 5.73 Å². The first-order valence-corrected chi connectivity index (χ1v) is 4.97. The minimum absolute atomic E-state index is 0.0601. The first-order chi connectivity index (χ1) is 8.18. The maximum Gasteiger partial charge on any atom is 0.289 e. The molecule has 0 saturated heterocycles. The van der Waals surface area contributed by atoms with E-state index in [0.717, 1.165) is 0 Å². The third kappa shape index (κ3) is 1.24. The second-order valence-electron chi connectivity index (χ2n) is 3.67. The Morgan fingerprint density at radius 2 is 1.76 bits per heavy atom. The second-order valence-corrected chi connectivity index (χ2v) is 3.67. The topological polar surface area (TPSA) is 105 Å². The van der Waals surface area contributed by atoms with E-state index in [1.807, 2.05) is 0 Å². The lowest BCUT2D eigenvalue weighted by atomic mass is 10.1. The first kappa shape index (κ1) is 9.59. The molecule has 0 spiro atoms. The summed E-state index contributed by atoms with van der Waals surface area (Å²) >= 11 is 0. The summed E-state index contributed by atoms with van der Waals surface area (Å²) in [5.41, 5.74) is 5.93. The van der Waals surface area contributed by atoms with Crippen molar-refractivity contribution in [1.82, 2.24) is 15.2 Å². The molecule has 0 aliphatic heterocycles. The monoisotopic (exact) mass is 228 g/mol. The van der Waals surface area contributed by atoms with Crippen molar-refractivity contribution in [3.8, 4) is 0 Å². The van der Waals surface area contributed by atoms with Crippen LogP contribution in [0.25, 0.3) is 21.8 Å². The number of anilines is 1. The third-order valence-corrected chi connectivity index (χ3v) is 2.66. The van der Waals surface area contributed by atoms with E-state index in [-0.39, 0.29) is 16.6 Å². The summed E-state index contributed by atoms with van der Waals surface area (Å²) in [5.74, 6) is 0. The van der Waals surface area contributed by atoms with E-state index in [4.69, 9.17) is 5.73 Å². The van der Waals surface area contributed by atoms with Crippen LogP contribution < -0.4 is 16.9 Å². The van der Waals surface area contributed by atoms with Gasteiger partial charge in [-0.2, -0.15) is 0 Å². The number of aromatic nitrogens is 3. The Kier molecular flexibility index (Phi) is 1.79. The van der Waals surface area contributed by atoms with Crippen molar-refractivity contribution < 1.29 is 0 Å². The number of H-pyrrole nitrogens is 2. The molecule has 0 saturated carbocycles. The van der Waals surface area contributed by atoms with Crippen molar-refractivity contribution in [2.24, 2.45) is 0 Å². The highest BCUT2D eigenvalue weighted by Gasteiger charge is 2.11. The molecule has 0 unspecified atom stereocenters. The average Bonchev–Trinajstić information content (AvgIpc) is 2.34. The SMILES string of the molecule is Nc1c2ccccc2nc2c(=O)[nH][nH]c(=O)c12. The lowest BCUT2D eigenvalue weighted by molar-refractivity contribution is 0.972. The molecule has 0 fully saturated rings. The molecule has 1 aromatic carbocycles. The largest absolute Gasteiger partial charge is 0.397 e. The number of rotatable bonds is 0. The molecule has 3 aromatic rings. The molecular weight excluding hydrogens is 220 g/mol. The molecule has 0 radical (unpaired) electrons. The van der Waals surface area contributed by atoms with Gasteiger partial charge in [0.15, 0.2) is 0 Å². The van der Waals surface area contributed by atoms with Gasteiger partial charge in [-0.3, -0.25) is 19.8 Å². The van der Waals surface area contributed by atoms with E-state index in [9.17, 15) is 9.59 Å². The fourth-order valence-electron chi connectivity index (χ4n) is 1.87. The molecule has 0 atom stereocenters. The van der Waals surface area contributed by atoms with Gasteiger partial charge in [-0.1, -0.05) is 18.2 Å². The minimum Gasteiger partial charge on any atom is -0.397 e. The average molecular weight is 228 g/mol. The number of nitrogens with one attached hydrogen (secondary N) is 2. The molecule has 6 heteroatoms. The highest BCUT2D eigenvalue weighted by atomic mass is 16.1. The van der Waals surface area contributed by atoms with Crippen molar-refractivity contribution in [3.63, 3.8) is 0 Å². The molecule has 0 bridgehead atoms. The molecule has 2 aromatic heterocycles. The number of nitrogens with two attached hydrogens (primary N) is 1. The van der Waals surface area contributed by atoms with Gasteiger partial charge in [0, 0.05) is 5.39 Å². The van der Waals surface area contributed by atoms with Crippen LogP contribution in [-0.2, 0) is 0 Å². The van der Waals surface area contributed by atoms with E-state index in [1.54, 1.807) is 24.3 Å². The quantitative estimate of drug-likeness (QED) is 0.483. The molecular formula is C11H8N4O2. The number of nitrogens with zero attached hydrogens (tertiary/aromatic N) is 1. The summed E-state index contributed by atoms with van der Waals surface area (Å²) < 4.78 is 0. The van der Waals surface area contributed by atoms with Crippen LogP contribution in [0.15, 0.2) is 33.9 Å². The van der Waals surface area contributed by atoms with Crippen molar-refractivity contribution in [2.75, 3.05) is 5.73 Å². The highest BCUT2D eigenvalue weighted by Crippen LogP contribution is 2.23. The second kappa shape index (κ2) is 3.18. The smallest absolute Gasteiger partial charge is 0.289 e. The Hall–Kier alpha value is -2.63. The Balaban J connectivity index is 2.74. The molecule has 0 aliphatic carbocycles. The normalized spacial score (nSPS) is 11.1. The Bertz CT molecular complexity index is 847. The van der Waals surface area contributed by atoms with Crippen LogP contribution >= 0.6 is 0 Å². The zero-order valence-electron chi connectivity index (χ0n) is 8.65. The van der Waals surface area contributed by atoms with Crippen LogP contribution in [0.3, 0.4) is 0 Å². The van der Waals surface area contributed by atoms with E-state index >= 15 is 0 Å². The van der Waals surface area contributed by atoms with Crippen LogP contribution in [0.5, 0.6) is 0 Å². The van der Waals surface area contributed by atoms with Gasteiger partial charge in [-0.25, -0.2) is 4.98 Å². The van der Waals surface area contributed by atoms with Gasteiger partial charge in [-0.15, -0.1) is 0 Å². The summed E-state index contributed by atoms with van der Waals surface area (Å²) in [5, 5.41) is 5.25.